The van der Waals surface area contributed by atoms with Crippen LogP contribution in [0.2, 0.25) is 0 Å². The number of amides is 3. The van der Waals surface area contributed by atoms with Gasteiger partial charge < -0.3 is 10.1 Å². The van der Waals surface area contributed by atoms with Gasteiger partial charge in [-0.15, -0.1) is 18.3 Å². The van der Waals surface area contributed by atoms with Gasteiger partial charge in [0, 0.05) is 12.1 Å². The molecule has 0 atom stereocenters. The number of halogens is 3. The third kappa shape index (κ3) is 7.64. The van der Waals surface area contributed by atoms with Gasteiger partial charge in [0.05, 0.1) is 17.1 Å². The number of nitrogens with one attached hydrogen (secondary N) is 1. The highest BCUT2D eigenvalue weighted by molar-refractivity contribution is 8.15. The number of ether oxygens (including phenoxy) is 1. The summed E-state index contributed by atoms with van der Waals surface area (Å²) in [5.74, 6) is 0.832. The number of amidine groups is 1. The monoisotopic (exact) mass is 622 g/mol. The number of urea groups is 1. The van der Waals surface area contributed by atoms with E-state index in [2.05, 4.69) is 32.1 Å². The molecule has 1 fully saturated rings. The summed E-state index contributed by atoms with van der Waals surface area (Å²) < 4.78 is 42.6. The van der Waals surface area contributed by atoms with Gasteiger partial charge in [-0.1, -0.05) is 55.4 Å². The minimum atomic E-state index is -4.76. The van der Waals surface area contributed by atoms with Crippen molar-refractivity contribution >= 4 is 34.6 Å². The molecule has 0 bridgehead atoms. The summed E-state index contributed by atoms with van der Waals surface area (Å²) in [6.07, 6.45) is -1.04. The second-order valence-electron chi connectivity index (χ2n) is 10.0. The van der Waals surface area contributed by atoms with E-state index in [0.717, 1.165) is 52.5 Å². The van der Waals surface area contributed by atoms with Gasteiger partial charge in [0.25, 0.3) is 5.24 Å². The summed E-state index contributed by atoms with van der Waals surface area (Å²) in [5, 5.41) is 7.10. The van der Waals surface area contributed by atoms with Crippen molar-refractivity contribution in [1.82, 2.24) is 20.1 Å². The van der Waals surface area contributed by atoms with E-state index in [1.807, 2.05) is 49.4 Å². The molecule has 3 amide bonds. The van der Waals surface area contributed by atoms with Gasteiger partial charge in [0.2, 0.25) is 0 Å². The number of carbonyl (C=O) groups is 2. The standard InChI is InChI=1S/C31H29F3N6O3S/c1-3-5-22-9-8-20(2)16-26(22)40-27(18-44-30(40)42)37-29(41)35-15-14-21-6-4-7-23(17-21)28-36-19-39(38-28)24-10-12-25(13-11-24)43-31(32,33)34/h4,6-13,16-17,19H,3,5,14-15,18H2,1-2H3,(H,35,41)/b37-27+. The number of benzene rings is 3. The Morgan fingerprint density at radius 2 is 1.89 bits per heavy atom. The highest BCUT2D eigenvalue weighted by Gasteiger charge is 2.32. The first-order chi connectivity index (χ1) is 21.1. The summed E-state index contributed by atoms with van der Waals surface area (Å²) in [6, 6.07) is 18.3. The van der Waals surface area contributed by atoms with E-state index in [4.69, 9.17) is 0 Å². The van der Waals surface area contributed by atoms with E-state index >= 15 is 0 Å². The first-order valence-corrected chi connectivity index (χ1v) is 14.9. The topological polar surface area (TPSA) is 102 Å². The molecule has 1 aliphatic rings. The van der Waals surface area contributed by atoms with Crippen LogP contribution < -0.4 is 15.0 Å². The second-order valence-corrected chi connectivity index (χ2v) is 11.0. The van der Waals surface area contributed by atoms with Crippen LogP contribution in [0.4, 0.5) is 28.4 Å². The molecule has 13 heteroatoms. The minimum absolute atomic E-state index is 0.153. The molecule has 1 aliphatic heterocycles. The minimum Gasteiger partial charge on any atom is -0.406 e. The average molecular weight is 623 g/mol. The van der Waals surface area contributed by atoms with Crippen LogP contribution in [-0.2, 0) is 12.8 Å². The van der Waals surface area contributed by atoms with Crippen molar-refractivity contribution < 1.29 is 27.5 Å². The molecule has 44 heavy (non-hydrogen) atoms. The maximum absolute atomic E-state index is 12.7. The third-order valence-corrected chi connectivity index (χ3v) is 7.53. The van der Waals surface area contributed by atoms with Crippen LogP contribution in [0.3, 0.4) is 0 Å². The normalized spacial score (nSPS) is 14.3. The van der Waals surface area contributed by atoms with Gasteiger partial charge in [-0.2, -0.15) is 4.99 Å². The number of aryl methyl sites for hydroxylation is 2. The van der Waals surface area contributed by atoms with Gasteiger partial charge in [-0.3, -0.25) is 9.69 Å². The van der Waals surface area contributed by atoms with Gasteiger partial charge in [-0.25, -0.2) is 14.5 Å². The number of hydrogen-bond donors (Lipinski definition) is 1. The van der Waals surface area contributed by atoms with Crippen molar-refractivity contribution in [2.24, 2.45) is 4.99 Å². The average Bonchev–Trinajstić information content (AvgIpc) is 3.61. The number of hydrogen-bond acceptors (Lipinski definition) is 6. The van der Waals surface area contributed by atoms with E-state index in [1.54, 1.807) is 4.90 Å². The molecule has 4 aromatic rings. The van der Waals surface area contributed by atoms with E-state index in [9.17, 15) is 22.8 Å². The molecule has 0 spiro atoms. The lowest BCUT2D eigenvalue weighted by Crippen LogP contribution is -2.32. The molecule has 228 valence electrons. The molecule has 1 N–H and O–H groups in total. The van der Waals surface area contributed by atoms with Crippen molar-refractivity contribution in [3.63, 3.8) is 0 Å². The fraction of sp³-hybridized carbons (Fsp3) is 0.258. The highest BCUT2D eigenvalue weighted by Crippen LogP contribution is 2.32. The zero-order valence-electron chi connectivity index (χ0n) is 24.0. The fourth-order valence-corrected chi connectivity index (χ4v) is 5.48. The predicted molar refractivity (Wildman–Crippen MR) is 164 cm³/mol. The molecular formula is C31H29F3N6O3S. The molecule has 9 nitrogen and oxygen atoms in total. The first kappa shape index (κ1) is 30.8. The van der Waals surface area contributed by atoms with E-state index in [1.165, 1.54) is 35.3 Å². The number of nitrogens with zero attached hydrogens (tertiary/aromatic N) is 5. The fourth-order valence-electron chi connectivity index (χ4n) is 4.70. The molecule has 0 saturated carbocycles. The van der Waals surface area contributed by atoms with Gasteiger partial charge in [0.15, 0.2) is 5.82 Å². The highest BCUT2D eigenvalue weighted by atomic mass is 32.2. The number of carbonyl (C=O) groups excluding carboxylic acids is 2. The predicted octanol–water partition coefficient (Wildman–Crippen LogP) is 7.12. The van der Waals surface area contributed by atoms with E-state index in [0.29, 0.717) is 36.1 Å². The van der Waals surface area contributed by atoms with E-state index < -0.39 is 12.4 Å². The summed E-state index contributed by atoms with van der Waals surface area (Å²) in [7, 11) is 0. The Balaban J connectivity index is 1.21. The zero-order valence-corrected chi connectivity index (χ0v) is 24.8. The van der Waals surface area contributed by atoms with Gasteiger partial charge in [-0.05, 0) is 72.9 Å². The van der Waals surface area contributed by atoms with Crippen molar-refractivity contribution in [3.05, 3.63) is 89.7 Å². The quantitative estimate of drug-likeness (QED) is 0.213. The van der Waals surface area contributed by atoms with Crippen LogP contribution >= 0.6 is 11.8 Å². The zero-order chi connectivity index (χ0) is 31.3. The van der Waals surface area contributed by atoms with Crippen LogP contribution in [0.15, 0.2) is 78.0 Å². The van der Waals surface area contributed by atoms with Crippen LogP contribution in [0, 0.1) is 6.92 Å². The molecule has 0 aliphatic carbocycles. The first-order valence-electron chi connectivity index (χ1n) is 13.9. The lowest BCUT2D eigenvalue weighted by Gasteiger charge is -2.20. The number of aromatic nitrogens is 3. The largest absolute Gasteiger partial charge is 0.573 e. The Labute approximate surface area is 256 Å². The molecule has 2 heterocycles. The SMILES string of the molecule is CCCc1ccc(C)cc1N1C(=O)SC/C1=N\C(=O)NCCc1cccc(-c2ncn(-c3ccc(OC(F)(F)F)cc3)n2)c1. The lowest BCUT2D eigenvalue weighted by atomic mass is 10.0. The molecular weight excluding hydrogens is 593 g/mol. The van der Waals surface area contributed by atoms with Gasteiger partial charge in [0.1, 0.15) is 17.9 Å². The van der Waals surface area contributed by atoms with Crippen molar-refractivity contribution in [2.75, 3.05) is 17.2 Å². The van der Waals surface area contributed by atoms with Crippen LogP contribution in [0.25, 0.3) is 17.1 Å². The number of thioether (sulfide) groups is 1. The van der Waals surface area contributed by atoms with Crippen LogP contribution in [0.1, 0.15) is 30.0 Å². The Hall–Kier alpha value is -4.65. The Morgan fingerprint density at radius 1 is 1.09 bits per heavy atom. The van der Waals surface area contributed by atoms with Gasteiger partial charge >= 0.3 is 12.4 Å². The van der Waals surface area contributed by atoms with Crippen LogP contribution in [0.5, 0.6) is 5.75 Å². The maximum Gasteiger partial charge on any atom is 0.573 e. The third-order valence-electron chi connectivity index (χ3n) is 6.70. The van der Waals surface area contributed by atoms with E-state index in [-0.39, 0.29) is 11.0 Å². The number of rotatable bonds is 9. The maximum atomic E-state index is 12.7. The number of anilines is 1. The number of aliphatic imine (C=N–C) groups is 1. The summed E-state index contributed by atoms with van der Waals surface area (Å²) in [6.45, 7) is 4.36. The molecule has 0 unspecified atom stereocenters. The van der Waals surface area contributed by atoms with Crippen molar-refractivity contribution in [1.29, 1.82) is 0 Å². The second kappa shape index (κ2) is 13.3. The van der Waals surface area contributed by atoms with Crippen molar-refractivity contribution in [3.8, 4) is 22.8 Å². The molecule has 0 radical (unpaired) electrons. The van der Waals surface area contributed by atoms with Crippen LogP contribution in [-0.4, -0.2) is 50.5 Å². The summed E-state index contributed by atoms with van der Waals surface area (Å²) in [4.78, 5) is 35.6. The van der Waals surface area contributed by atoms with Crippen molar-refractivity contribution in [2.45, 2.75) is 39.5 Å². The molecule has 1 saturated heterocycles. The summed E-state index contributed by atoms with van der Waals surface area (Å²) in [5.41, 5.74) is 5.01. The molecule has 1 aromatic heterocycles. The molecule has 5 rings (SSSR count). The Bertz CT molecular complexity index is 1690. The Morgan fingerprint density at radius 3 is 2.64 bits per heavy atom. The molecule has 3 aromatic carbocycles. The smallest absolute Gasteiger partial charge is 0.406 e. The lowest BCUT2D eigenvalue weighted by molar-refractivity contribution is -0.274. The number of alkyl halides is 3. The summed E-state index contributed by atoms with van der Waals surface area (Å²) >= 11 is 1.12. The Kier molecular flexibility index (Phi) is 9.33.